The molecule has 1 aliphatic carbocycles. The van der Waals surface area contributed by atoms with Gasteiger partial charge in [0.2, 0.25) is 10.0 Å². The van der Waals surface area contributed by atoms with Crippen LogP contribution in [0.1, 0.15) is 61.7 Å². The fourth-order valence-electron chi connectivity index (χ4n) is 3.74. The minimum absolute atomic E-state index is 0.131. The Balaban J connectivity index is 1.47. The van der Waals surface area contributed by atoms with E-state index in [-0.39, 0.29) is 11.7 Å². The molecule has 1 aromatic rings. The number of hydrogen-bond acceptors (Lipinski definition) is 4. The van der Waals surface area contributed by atoms with Gasteiger partial charge >= 0.3 is 0 Å². The van der Waals surface area contributed by atoms with Crippen LogP contribution in [0.25, 0.3) is 0 Å². The number of anilines is 1. The van der Waals surface area contributed by atoms with Crippen molar-refractivity contribution in [1.82, 2.24) is 5.32 Å². The first-order valence-electron chi connectivity index (χ1n) is 10.1. The summed E-state index contributed by atoms with van der Waals surface area (Å²) in [5.74, 6) is 1.13. The Morgan fingerprint density at radius 2 is 1.96 bits per heavy atom. The topological polar surface area (TPSA) is 66.5 Å². The third kappa shape index (κ3) is 5.88. The molecular formula is C20H30N2O3S2. The van der Waals surface area contributed by atoms with Gasteiger partial charge in [-0.15, -0.1) is 0 Å². The van der Waals surface area contributed by atoms with E-state index in [1.165, 1.54) is 36.4 Å². The van der Waals surface area contributed by atoms with E-state index >= 15 is 0 Å². The van der Waals surface area contributed by atoms with Crippen molar-refractivity contribution in [2.24, 2.45) is 0 Å². The molecular weight excluding hydrogens is 380 g/mol. The summed E-state index contributed by atoms with van der Waals surface area (Å²) in [6.45, 7) is 1.15. The van der Waals surface area contributed by atoms with Gasteiger partial charge in [-0.25, -0.2) is 8.42 Å². The van der Waals surface area contributed by atoms with Gasteiger partial charge in [0.15, 0.2) is 0 Å². The number of nitrogens with one attached hydrogen (secondary N) is 1. The number of carbonyl (C=O) groups excluding carboxylic acids is 1. The van der Waals surface area contributed by atoms with Crippen LogP contribution in [-0.2, 0) is 10.0 Å². The molecule has 150 valence electrons. The lowest BCUT2D eigenvalue weighted by atomic mass is 10.0. The Morgan fingerprint density at radius 3 is 2.74 bits per heavy atom. The number of carbonyl (C=O) groups is 1. The number of nitrogens with zero attached hydrogens (tertiary/aromatic N) is 1. The molecule has 2 aliphatic rings. The highest BCUT2D eigenvalue weighted by molar-refractivity contribution is 7.99. The van der Waals surface area contributed by atoms with Crippen LogP contribution >= 0.6 is 11.8 Å². The monoisotopic (exact) mass is 410 g/mol. The third-order valence-corrected chi connectivity index (χ3v) is 8.59. The molecule has 5 nitrogen and oxygen atoms in total. The van der Waals surface area contributed by atoms with Crippen molar-refractivity contribution in [1.29, 1.82) is 0 Å². The molecule has 1 amide bonds. The van der Waals surface area contributed by atoms with E-state index in [0.29, 0.717) is 30.8 Å². The fourth-order valence-corrected chi connectivity index (χ4v) is 6.68. The molecule has 2 fully saturated rings. The van der Waals surface area contributed by atoms with E-state index in [9.17, 15) is 13.2 Å². The number of amides is 1. The van der Waals surface area contributed by atoms with Crippen LogP contribution in [0.2, 0.25) is 0 Å². The lowest BCUT2D eigenvalue weighted by Gasteiger charge is -2.28. The Morgan fingerprint density at radius 1 is 1.15 bits per heavy atom. The Bertz CT molecular complexity index is 730. The molecule has 27 heavy (non-hydrogen) atoms. The quantitative estimate of drug-likeness (QED) is 0.694. The molecule has 0 radical (unpaired) electrons. The molecule has 0 aromatic heterocycles. The Kier molecular flexibility index (Phi) is 7.47. The van der Waals surface area contributed by atoms with Crippen molar-refractivity contribution in [3.05, 3.63) is 29.8 Å². The fraction of sp³-hybridized carbons (Fsp3) is 0.650. The Labute approximate surface area is 167 Å². The first-order valence-corrected chi connectivity index (χ1v) is 12.7. The molecule has 1 aromatic carbocycles. The zero-order chi connectivity index (χ0) is 19.1. The minimum atomic E-state index is -3.26. The molecule has 1 heterocycles. The molecule has 0 spiro atoms. The summed E-state index contributed by atoms with van der Waals surface area (Å²) in [4.78, 5) is 12.4. The Hall–Kier alpha value is -1.21. The maximum Gasteiger partial charge on any atom is 0.251 e. The van der Waals surface area contributed by atoms with Crippen molar-refractivity contribution in [3.8, 4) is 0 Å². The summed E-state index contributed by atoms with van der Waals surface area (Å²) in [5.41, 5.74) is 1.11. The molecule has 1 N–H and O–H groups in total. The van der Waals surface area contributed by atoms with Gasteiger partial charge in [-0.1, -0.05) is 25.3 Å². The van der Waals surface area contributed by atoms with E-state index in [0.717, 1.165) is 23.8 Å². The lowest BCUT2D eigenvalue weighted by Crippen LogP contribution is -2.38. The van der Waals surface area contributed by atoms with Gasteiger partial charge in [-0.05, 0) is 56.1 Å². The zero-order valence-corrected chi connectivity index (χ0v) is 17.5. The predicted molar refractivity (Wildman–Crippen MR) is 113 cm³/mol. The average Bonchev–Trinajstić information content (AvgIpc) is 2.68. The highest BCUT2D eigenvalue weighted by Gasteiger charge is 2.26. The molecule has 1 aliphatic heterocycles. The van der Waals surface area contributed by atoms with Crippen molar-refractivity contribution in [3.63, 3.8) is 0 Å². The van der Waals surface area contributed by atoms with Crippen LogP contribution in [0.15, 0.2) is 24.3 Å². The smallest absolute Gasteiger partial charge is 0.251 e. The molecule has 0 bridgehead atoms. The SMILES string of the molecule is O=C(NCCCSC1CCCCC1)c1cccc(N2CCCCS2(=O)=O)c1. The van der Waals surface area contributed by atoms with E-state index < -0.39 is 10.0 Å². The average molecular weight is 411 g/mol. The minimum Gasteiger partial charge on any atom is -0.352 e. The van der Waals surface area contributed by atoms with Crippen molar-refractivity contribution in [2.75, 3.05) is 28.9 Å². The van der Waals surface area contributed by atoms with E-state index in [1.807, 2.05) is 11.8 Å². The van der Waals surface area contributed by atoms with E-state index in [2.05, 4.69) is 5.32 Å². The van der Waals surface area contributed by atoms with Crippen LogP contribution in [0.4, 0.5) is 5.69 Å². The first kappa shape index (κ1) is 20.5. The highest BCUT2D eigenvalue weighted by Crippen LogP contribution is 2.28. The summed E-state index contributed by atoms with van der Waals surface area (Å²) in [5, 5.41) is 3.77. The largest absolute Gasteiger partial charge is 0.352 e. The standard InChI is InChI=1S/C20H30N2O3S2/c23-20(21-12-7-14-26-19-10-2-1-3-11-19)17-8-6-9-18(16-17)22-13-4-5-15-27(22,24)25/h6,8-9,16,19H,1-5,7,10-15H2,(H,21,23). The molecule has 1 saturated carbocycles. The van der Waals surface area contributed by atoms with Gasteiger partial charge in [0.05, 0.1) is 11.4 Å². The molecule has 0 unspecified atom stereocenters. The summed E-state index contributed by atoms with van der Waals surface area (Å²) < 4.78 is 26.0. The van der Waals surface area contributed by atoms with Crippen molar-refractivity contribution in [2.45, 2.75) is 56.6 Å². The molecule has 7 heteroatoms. The summed E-state index contributed by atoms with van der Waals surface area (Å²) in [7, 11) is -3.26. The number of rotatable bonds is 7. The normalized spacial score (nSPS) is 20.4. The van der Waals surface area contributed by atoms with Gasteiger partial charge in [0.1, 0.15) is 0 Å². The third-order valence-electron chi connectivity index (χ3n) is 5.26. The first-order chi connectivity index (χ1) is 13.1. The zero-order valence-electron chi connectivity index (χ0n) is 15.9. The van der Waals surface area contributed by atoms with Gasteiger partial charge < -0.3 is 5.32 Å². The van der Waals surface area contributed by atoms with Crippen LogP contribution in [0.3, 0.4) is 0 Å². The van der Waals surface area contributed by atoms with Crippen LogP contribution in [-0.4, -0.2) is 44.2 Å². The molecule has 0 atom stereocenters. The second-order valence-corrected chi connectivity index (χ2v) is 10.8. The number of hydrogen-bond donors (Lipinski definition) is 1. The molecule has 1 saturated heterocycles. The van der Waals surface area contributed by atoms with Gasteiger partial charge in [0.25, 0.3) is 5.91 Å². The van der Waals surface area contributed by atoms with Gasteiger partial charge in [0, 0.05) is 23.9 Å². The van der Waals surface area contributed by atoms with Gasteiger partial charge in [-0.3, -0.25) is 9.10 Å². The van der Waals surface area contributed by atoms with Crippen molar-refractivity contribution < 1.29 is 13.2 Å². The van der Waals surface area contributed by atoms with Crippen molar-refractivity contribution >= 4 is 33.4 Å². The second kappa shape index (κ2) is 9.82. The highest BCUT2D eigenvalue weighted by atomic mass is 32.2. The maximum absolute atomic E-state index is 12.4. The van der Waals surface area contributed by atoms with Crippen LogP contribution in [0.5, 0.6) is 0 Å². The predicted octanol–water partition coefficient (Wildman–Crippen LogP) is 3.80. The second-order valence-electron chi connectivity index (χ2n) is 7.39. The van der Waals surface area contributed by atoms with E-state index in [4.69, 9.17) is 0 Å². The van der Waals surface area contributed by atoms with E-state index in [1.54, 1.807) is 24.3 Å². The number of sulfonamides is 1. The molecule has 3 rings (SSSR count). The summed E-state index contributed by atoms with van der Waals surface area (Å²) in [6, 6.07) is 6.95. The lowest BCUT2D eigenvalue weighted by molar-refractivity contribution is 0.0954. The van der Waals surface area contributed by atoms with Crippen LogP contribution < -0.4 is 9.62 Å². The summed E-state index contributed by atoms with van der Waals surface area (Å²) in [6.07, 6.45) is 9.30. The number of thioether (sulfide) groups is 1. The maximum atomic E-state index is 12.4. The summed E-state index contributed by atoms with van der Waals surface area (Å²) >= 11 is 2.04. The van der Waals surface area contributed by atoms with Crippen LogP contribution in [0, 0.1) is 0 Å². The number of benzene rings is 1. The van der Waals surface area contributed by atoms with Gasteiger partial charge in [-0.2, -0.15) is 11.8 Å².